The lowest BCUT2D eigenvalue weighted by Gasteiger charge is -2.35. The summed E-state index contributed by atoms with van der Waals surface area (Å²) in [5, 5.41) is 7.51. The molecule has 1 aliphatic rings. The van der Waals surface area contributed by atoms with Gasteiger partial charge in [0.2, 0.25) is 0 Å². The average molecular weight is 161 g/mol. The van der Waals surface area contributed by atoms with Crippen molar-refractivity contribution in [2.45, 2.75) is 19.0 Å². The molecule has 1 saturated heterocycles. The van der Waals surface area contributed by atoms with Gasteiger partial charge >= 0.3 is 0 Å². The van der Waals surface area contributed by atoms with Crippen LogP contribution in [0.4, 0.5) is 0 Å². The van der Waals surface area contributed by atoms with Crippen LogP contribution in [0.3, 0.4) is 0 Å². The van der Waals surface area contributed by atoms with Crippen LogP contribution in [-0.4, -0.2) is 22.4 Å². The molecule has 12 heavy (non-hydrogen) atoms. The van der Waals surface area contributed by atoms with Gasteiger partial charge in [-0.25, -0.2) is 0 Å². The van der Waals surface area contributed by atoms with Crippen molar-refractivity contribution in [1.29, 1.82) is 0 Å². The van der Waals surface area contributed by atoms with E-state index in [4.69, 9.17) is 6.42 Å². The third kappa shape index (κ3) is 1.01. The Kier molecular flexibility index (Phi) is 1.63. The second-order valence-electron chi connectivity index (χ2n) is 3.09. The van der Waals surface area contributed by atoms with E-state index in [-0.39, 0.29) is 0 Å². The van der Waals surface area contributed by atoms with Crippen molar-refractivity contribution in [1.82, 2.24) is 15.1 Å². The molecular weight excluding hydrogens is 150 g/mol. The Morgan fingerprint density at radius 3 is 3.08 bits per heavy atom. The molecule has 1 fully saturated rings. The van der Waals surface area contributed by atoms with E-state index in [0.29, 0.717) is 17.8 Å². The van der Waals surface area contributed by atoms with Gasteiger partial charge in [0.1, 0.15) is 5.69 Å². The van der Waals surface area contributed by atoms with Crippen LogP contribution in [0.1, 0.15) is 18.7 Å². The zero-order valence-corrected chi connectivity index (χ0v) is 6.99. The lowest BCUT2D eigenvalue weighted by molar-refractivity contribution is 0.234. The minimum Gasteiger partial charge on any atom is -0.310 e. The van der Waals surface area contributed by atoms with Crippen LogP contribution in [0, 0.1) is 12.3 Å². The van der Waals surface area contributed by atoms with Crippen LogP contribution in [0.25, 0.3) is 0 Å². The summed E-state index contributed by atoms with van der Waals surface area (Å²) in [5.74, 6) is 2.51. The molecule has 62 valence electrons. The maximum atomic E-state index is 5.22. The molecule has 1 aromatic heterocycles. The topological polar surface area (TPSA) is 29.9 Å². The Bertz CT molecular complexity index is 321. The first-order chi connectivity index (χ1) is 5.81. The molecule has 0 bridgehead atoms. The molecule has 0 aliphatic carbocycles. The molecule has 1 N–H and O–H groups in total. The van der Waals surface area contributed by atoms with Crippen molar-refractivity contribution in [3.05, 3.63) is 18.0 Å². The highest BCUT2D eigenvalue weighted by Gasteiger charge is 2.27. The van der Waals surface area contributed by atoms with Crippen LogP contribution in [0.5, 0.6) is 0 Å². The molecule has 0 spiro atoms. The van der Waals surface area contributed by atoms with E-state index in [2.05, 4.69) is 23.3 Å². The predicted molar refractivity (Wildman–Crippen MR) is 46.7 cm³/mol. The van der Waals surface area contributed by atoms with E-state index < -0.39 is 0 Å². The fraction of sp³-hybridized carbons (Fsp3) is 0.444. The van der Waals surface area contributed by atoms with E-state index in [1.807, 2.05) is 16.9 Å². The molecule has 2 rings (SSSR count). The summed E-state index contributed by atoms with van der Waals surface area (Å²) >= 11 is 0. The first kappa shape index (κ1) is 7.38. The fourth-order valence-electron chi connectivity index (χ4n) is 1.38. The number of nitrogens with zero attached hydrogens (tertiary/aromatic N) is 2. The Morgan fingerprint density at radius 1 is 1.83 bits per heavy atom. The molecule has 2 heterocycles. The average Bonchev–Trinajstić information content (AvgIpc) is 2.50. The summed E-state index contributed by atoms with van der Waals surface area (Å²) in [4.78, 5) is 0. The number of terminal acetylenes is 1. The van der Waals surface area contributed by atoms with Gasteiger partial charge in [-0.2, -0.15) is 5.10 Å². The summed E-state index contributed by atoms with van der Waals surface area (Å²) in [6, 6.07) is 2.85. The van der Waals surface area contributed by atoms with Gasteiger partial charge in [0.05, 0.1) is 6.04 Å². The second-order valence-corrected chi connectivity index (χ2v) is 3.09. The molecule has 3 nitrogen and oxygen atoms in total. The van der Waals surface area contributed by atoms with Crippen molar-refractivity contribution in [2.24, 2.45) is 0 Å². The normalized spacial score (nSPS) is 27.7. The highest BCUT2D eigenvalue weighted by molar-refractivity contribution is 5.22. The maximum Gasteiger partial charge on any atom is 0.134 e. The second kappa shape index (κ2) is 2.65. The number of rotatable bonds is 1. The summed E-state index contributed by atoms with van der Waals surface area (Å²) < 4.78 is 1.94. The van der Waals surface area contributed by atoms with E-state index in [9.17, 15) is 0 Å². The van der Waals surface area contributed by atoms with E-state index in [1.165, 1.54) is 0 Å². The molecule has 3 heteroatoms. The lowest BCUT2D eigenvalue weighted by atomic mass is 10.0. The molecule has 0 amide bonds. The van der Waals surface area contributed by atoms with Crippen molar-refractivity contribution >= 4 is 0 Å². The van der Waals surface area contributed by atoms with Gasteiger partial charge < -0.3 is 5.32 Å². The van der Waals surface area contributed by atoms with Crippen LogP contribution in [0.15, 0.2) is 12.3 Å². The first-order valence-corrected chi connectivity index (χ1v) is 4.06. The number of nitrogens with one attached hydrogen (secondary N) is 1. The van der Waals surface area contributed by atoms with Gasteiger partial charge in [0, 0.05) is 18.8 Å². The SMILES string of the molecule is C#Cc1ccn(C2CNC2C)n1. The van der Waals surface area contributed by atoms with Crippen LogP contribution in [-0.2, 0) is 0 Å². The molecule has 0 radical (unpaired) electrons. The van der Waals surface area contributed by atoms with Gasteiger partial charge in [-0.05, 0) is 18.9 Å². The molecule has 2 atom stereocenters. The minimum absolute atomic E-state index is 0.479. The van der Waals surface area contributed by atoms with Gasteiger partial charge in [-0.3, -0.25) is 4.68 Å². The van der Waals surface area contributed by atoms with E-state index in [0.717, 1.165) is 6.54 Å². The Balaban J connectivity index is 2.19. The predicted octanol–water partition coefficient (Wildman–Crippen LogP) is 0.397. The van der Waals surface area contributed by atoms with Gasteiger partial charge in [-0.15, -0.1) is 6.42 Å². The monoisotopic (exact) mass is 161 g/mol. The summed E-state index contributed by atoms with van der Waals surface area (Å²) in [5.41, 5.74) is 0.717. The highest BCUT2D eigenvalue weighted by atomic mass is 15.3. The van der Waals surface area contributed by atoms with Crippen molar-refractivity contribution < 1.29 is 0 Å². The fourth-order valence-corrected chi connectivity index (χ4v) is 1.38. The highest BCUT2D eigenvalue weighted by Crippen LogP contribution is 2.17. The van der Waals surface area contributed by atoms with E-state index >= 15 is 0 Å². The molecule has 0 aromatic carbocycles. The van der Waals surface area contributed by atoms with Crippen molar-refractivity contribution in [2.75, 3.05) is 6.54 Å². The Hall–Kier alpha value is -1.27. The van der Waals surface area contributed by atoms with Crippen LogP contribution in [0.2, 0.25) is 0 Å². The largest absolute Gasteiger partial charge is 0.310 e. The molecule has 1 aliphatic heterocycles. The number of hydrogen-bond donors (Lipinski definition) is 1. The zero-order valence-electron chi connectivity index (χ0n) is 6.99. The Morgan fingerprint density at radius 2 is 2.67 bits per heavy atom. The van der Waals surface area contributed by atoms with Crippen molar-refractivity contribution in [3.63, 3.8) is 0 Å². The molecule has 2 unspecified atom stereocenters. The lowest BCUT2D eigenvalue weighted by Crippen LogP contribution is -2.51. The van der Waals surface area contributed by atoms with Crippen LogP contribution >= 0.6 is 0 Å². The smallest absolute Gasteiger partial charge is 0.134 e. The third-order valence-corrected chi connectivity index (χ3v) is 2.32. The standard InChI is InChI=1S/C9H11N3/c1-3-8-4-5-12(11-8)9-6-10-7(9)2/h1,4-5,7,9-10H,6H2,2H3. The zero-order chi connectivity index (χ0) is 8.55. The summed E-state index contributed by atoms with van der Waals surface area (Å²) in [6.07, 6.45) is 7.16. The number of aromatic nitrogens is 2. The van der Waals surface area contributed by atoms with Gasteiger partial charge in [0.15, 0.2) is 0 Å². The quantitative estimate of drug-likeness (QED) is 0.604. The van der Waals surface area contributed by atoms with Crippen LogP contribution < -0.4 is 5.32 Å². The Labute approximate surface area is 71.8 Å². The molecule has 0 saturated carbocycles. The third-order valence-electron chi connectivity index (χ3n) is 2.32. The van der Waals surface area contributed by atoms with Gasteiger partial charge in [-0.1, -0.05) is 0 Å². The van der Waals surface area contributed by atoms with Crippen molar-refractivity contribution in [3.8, 4) is 12.3 Å². The molecular formula is C9H11N3. The van der Waals surface area contributed by atoms with E-state index in [1.54, 1.807) is 0 Å². The van der Waals surface area contributed by atoms with Gasteiger partial charge in [0.25, 0.3) is 0 Å². The maximum absolute atomic E-state index is 5.22. The first-order valence-electron chi connectivity index (χ1n) is 4.06. The minimum atomic E-state index is 0.479. The number of hydrogen-bond acceptors (Lipinski definition) is 2. The summed E-state index contributed by atoms with van der Waals surface area (Å²) in [7, 11) is 0. The summed E-state index contributed by atoms with van der Waals surface area (Å²) in [6.45, 7) is 3.14. The molecule has 1 aromatic rings.